The summed E-state index contributed by atoms with van der Waals surface area (Å²) in [6.07, 6.45) is 5.08. The van der Waals surface area contributed by atoms with E-state index in [1.54, 1.807) is 0 Å². The molecule has 0 aliphatic carbocycles. The number of unbranched alkanes of at least 4 members (excludes halogenated alkanes) is 1. The fraction of sp³-hybridized carbons (Fsp3) is 1.00. The molecule has 0 heterocycles. The molecule has 0 amide bonds. The van der Waals surface area contributed by atoms with Crippen molar-refractivity contribution in [3.8, 4) is 0 Å². The van der Waals surface area contributed by atoms with Crippen LogP contribution in [0.15, 0.2) is 0 Å². The molecule has 0 aromatic heterocycles. The summed E-state index contributed by atoms with van der Waals surface area (Å²) in [6.45, 7) is 12.3. The second-order valence-corrected chi connectivity index (χ2v) is 5.57. The zero-order chi connectivity index (χ0) is 11.7. The molecule has 2 nitrogen and oxygen atoms in total. The number of rotatable bonds is 9. The van der Waals surface area contributed by atoms with Gasteiger partial charge in [-0.3, -0.25) is 0 Å². The highest BCUT2D eigenvalue weighted by Gasteiger charge is 2.17. The molecule has 92 valence electrons. The van der Waals surface area contributed by atoms with E-state index in [9.17, 15) is 0 Å². The van der Waals surface area contributed by atoms with Gasteiger partial charge in [-0.1, -0.05) is 34.1 Å². The van der Waals surface area contributed by atoms with E-state index in [2.05, 4.69) is 33.0 Å². The summed E-state index contributed by atoms with van der Waals surface area (Å²) in [7, 11) is 0. The summed E-state index contributed by atoms with van der Waals surface area (Å²) < 4.78 is 0. The third kappa shape index (κ3) is 8.88. The maximum Gasteiger partial charge on any atom is 0.000252 e. The molecule has 0 radical (unpaired) electrons. The van der Waals surface area contributed by atoms with Gasteiger partial charge in [0.25, 0.3) is 0 Å². The van der Waals surface area contributed by atoms with Crippen LogP contribution in [-0.4, -0.2) is 19.6 Å². The molecule has 0 saturated carbocycles. The van der Waals surface area contributed by atoms with E-state index in [1.807, 2.05) is 0 Å². The molecule has 0 rings (SSSR count). The molecule has 15 heavy (non-hydrogen) atoms. The van der Waals surface area contributed by atoms with Crippen LogP contribution >= 0.6 is 0 Å². The van der Waals surface area contributed by atoms with Crippen LogP contribution in [-0.2, 0) is 0 Å². The van der Waals surface area contributed by atoms with Crippen molar-refractivity contribution < 1.29 is 0 Å². The van der Waals surface area contributed by atoms with Gasteiger partial charge in [-0.2, -0.15) is 0 Å². The molecule has 0 aromatic rings. The summed E-state index contributed by atoms with van der Waals surface area (Å²) in [5.41, 5.74) is 6.04. The van der Waals surface area contributed by atoms with Gasteiger partial charge in [0.05, 0.1) is 0 Å². The van der Waals surface area contributed by atoms with Crippen molar-refractivity contribution in [3.63, 3.8) is 0 Å². The quantitative estimate of drug-likeness (QED) is 0.579. The maximum atomic E-state index is 5.63. The van der Waals surface area contributed by atoms with Crippen LogP contribution in [0.5, 0.6) is 0 Å². The number of hydrogen-bond donors (Lipinski definition) is 2. The van der Waals surface area contributed by atoms with Gasteiger partial charge < -0.3 is 11.1 Å². The Morgan fingerprint density at radius 1 is 1.33 bits per heavy atom. The Hall–Kier alpha value is -0.0800. The Morgan fingerprint density at radius 2 is 2.00 bits per heavy atom. The first-order valence-electron chi connectivity index (χ1n) is 6.42. The van der Waals surface area contributed by atoms with E-state index in [0.29, 0.717) is 11.3 Å². The van der Waals surface area contributed by atoms with Crippen LogP contribution in [0.4, 0.5) is 0 Å². The second-order valence-electron chi connectivity index (χ2n) is 5.57. The van der Waals surface area contributed by atoms with Crippen molar-refractivity contribution in [1.29, 1.82) is 0 Å². The molecular formula is C13H30N2. The van der Waals surface area contributed by atoms with E-state index in [1.165, 1.54) is 25.7 Å². The lowest BCUT2D eigenvalue weighted by Crippen LogP contribution is -2.30. The Balaban J connectivity index is 3.57. The van der Waals surface area contributed by atoms with Crippen molar-refractivity contribution in [3.05, 3.63) is 0 Å². The van der Waals surface area contributed by atoms with Crippen molar-refractivity contribution >= 4 is 0 Å². The van der Waals surface area contributed by atoms with Gasteiger partial charge in [-0.05, 0) is 43.7 Å². The summed E-state index contributed by atoms with van der Waals surface area (Å²) in [5.74, 6) is 0.667. The molecule has 1 unspecified atom stereocenters. The zero-order valence-electron chi connectivity index (χ0n) is 11.1. The normalized spacial score (nSPS) is 14.2. The lowest BCUT2D eigenvalue weighted by molar-refractivity contribution is 0.285. The van der Waals surface area contributed by atoms with Crippen LogP contribution in [0.1, 0.15) is 53.4 Å². The molecule has 0 saturated heterocycles. The molecule has 2 heteroatoms. The van der Waals surface area contributed by atoms with Gasteiger partial charge in [-0.15, -0.1) is 0 Å². The predicted molar refractivity (Wildman–Crippen MR) is 69.0 cm³/mol. The minimum absolute atomic E-state index is 0.414. The third-order valence-electron chi connectivity index (χ3n) is 3.03. The Morgan fingerprint density at radius 3 is 2.53 bits per heavy atom. The first-order chi connectivity index (χ1) is 7.02. The fourth-order valence-electron chi connectivity index (χ4n) is 1.57. The van der Waals surface area contributed by atoms with E-state index >= 15 is 0 Å². The van der Waals surface area contributed by atoms with Crippen LogP contribution in [0.2, 0.25) is 0 Å². The molecule has 0 aromatic carbocycles. The van der Waals surface area contributed by atoms with E-state index in [0.717, 1.165) is 19.6 Å². The van der Waals surface area contributed by atoms with Crippen molar-refractivity contribution in [2.45, 2.75) is 53.4 Å². The summed E-state index contributed by atoms with van der Waals surface area (Å²) >= 11 is 0. The molecule has 0 spiro atoms. The van der Waals surface area contributed by atoms with Crippen molar-refractivity contribution in [2.75, 3.05) is 19.6 Å². The van der Waals surface area contributed by atoms with E-state index in [4.69, 9.17) is 5.73 Å². The second kappa shape index (κ2) is 8.12. The molecule has 0 aliphatic rings. The average molecular weight is 214 g/mol. The van der Waals surface area contributed by atoms with Crippen molar-refractivity contribution in [2.24, 2.45) is 17.1 Å². The molecule has 0 bridgehead atoms. The zero-order valence-corrected chi connectivity index (χ0v) is 11.1. The monoisotopic (exact) mass is 214 g/mol. The van der Waals surface area contributed by atoms with Gasteiger partial charge in [0.2, 0.25) is 0 Å². The predicted octanol–water partition coefficient (Wildman–Crippen LogP) is 2.78. The van der Waals surface area contributed by atoms with Gasteiger partial charge in [0.15, 0.2) is 0 Å². The van der Waals surface area contributed by atoms with Gasteiger partial charge in [0, 0.05) is 6.54 Å². The first kappa shape index (κ1) is 14.9. The first-order valence-corrected chi connectivity index (χ1v) is 6.42. The van der Waals surface area contributed by atoms with Gasteiger partial charge in [0.1, 0.15) is 0 Å². The minimum Gasteiger partial charge on any atom is -0.330 e. The SMILES string of the molecule is CCCCNCC(C)(C)CCC(C)CN. The summed E-state index contributed by atoms with van der Waals surface area (Å²) in [5, 5.41) is 3.54. The highest BCUT2D eigenvalue weighted by atomic mass is 14.9. The average Bonchev–Trinajstić information content (AvgIpc) is 2.21. The molecular weight excluding hydrogens is 184 g/mol. The number of nitrogens with one attached hydrogen (secondary N) is 1. The molecule has 3 N–H and O–H groups in total. The highest BCUT2D eigenvalue weighted by molar-refractivity contribution is 4.72. The Bertz CT molecular complexity index is 143. The molecule has 1 atom stereocenters. The fourth-order valence-corrected chi connectivity index (χ4v) is 1.57. The maximum absolute atomic E-state index is 5.63. The van der Waals surface area contributed by atoms with Crippen molar-refractivity contribution in [1.82, 2.24) is 5.32 Å². The third-order valence-corrected chi connectivity index (χ3v) is 3.03. The number of nitrogens with two attached hydrogens (primary N) is 1. The lowest BCUT2D eigenvalue weighted by atomic mass is 9.85. The van der Waals surface area contributed by atoms with Gasteiger partial charge in [-0.25, -0.2) is 0 Å². The highest BCUT2D eigenvalue weighted by Crippen LogP contribution is 2.23. The molecule has 0 fully saturated rings. The Labute approximate surface area is 96.0 Å². The minimum atomic E-state index is 0.414. The van der Waals surface area contributed by atoms with E-state index < -0.39 is 0 Å². The Kier molecular flexibility index (Phi) is 8.07. The van der Waals surface area contributed by atoms with Gasteiger partial charge >= 0.3 is 0 Å². The van der Waals surface area contributed by atoms with Crippen LogP contribution in [0.3, 0.4) is 0 Å². The topological polar surface area (TPSA) is 38.0 Å². The number of hydrogen-bond acceptors (Lipinski definition) is 2. The standard InChI is InChI=1S/C13H30N2/c1-5-6-9-15-11-13(3,4)8-7-12(2)10-14/h12,15H,5-11,14H2,1-4H3. The molecule has 0 aliphatic heterocycles. The van der Waals surface area contributed by atoms with Crippen LogP contribution in [0.25, 0.3) is 0 Å². The van der Waals surface area contributed by atoms with Crippen LogP contribution < -0.4 is 11.1 Å². The summed E-state index contributed by atoms with van der Waals surface area (Å²) in [6, 6.07) is 0. The van der Waals surface area contributed by atoms with E-state index in [-0.39, 0.29) is 0 Å². The largest absolute Gasteiger partial charge is 0.330 e. The summed E-state index contributed by atoms with van der Waals surface area (Å²) in [4.78, 5) is 0. The van der Waals surface area contributed by atoms with Crippen LogP contribution in [0, 0.1) is 11.3 Å². The smallest absolute Gasteiger partial charge is 0.000252 e. The lowest BCUT2D eigenvalue weighted by Gasteiger charge is -2.26.